The van der Waals surface area contributed by atoms with E-state index in [1.807, 2.05) is 0 Å². The first-order valence-corrected chi connectivity index (χ1v) is 9.51. The quantitative estimate of drug-likeness (QED) is 0.378. The maximum absolute atomic E-state index is 5.27. The lowest BCUT2D eigenvalue weighted by atomic mass is 9.84. The summed E-state index contributed by atoms with van der Waals surface area (Å²) in [5, 5.41) is 3.91. The Morgan fingerprint density at radius 1 is 0.731 bits per heavy atom. The van der Waals surface area contributed by atoms with Crippen molar-refractivity contribution in [2.45, 2.75) is 25.7 Å². The fraction of sp³-hybridized carbons (Fsp3) is 0.160. The first-order chi connectivity index (χ1) is 12.9. The van der Waals surface area contributed by atoms with Crippen LogP contribution in [0.2, 0.25) is 0 Å². The smallest absolute Gasteiger partial charge is 0.0784 e. The average molecular weight is 333 g/mol. The van der Waals surface area contributed by atoms with Crippen LogP contribution in [-0.4, -0.2) is 4.98 Å². The average Bonchev–Trinajstić information content (AvgIpc) is 2.71. The molecule has 2 aliphatic rings. The van der Waals surface area contributed by atoms with Crippen LogP contribution in [0.15, 0.2) is 60.7 Å². The number of hydrogen-bond donors (Lipinski definition) is 0. The van der Waals surface area contributed by atoms with Crippen molar-refractivity contribution in [2.75, 3.05) is 0 Å². The molecule has 0 saturated carbocycles. The number of fused-ring (bicyclic) bond motifs is 8. The predicted molar refractivity (Wildman–Crippen MR) is 109 cm³/mol. The van der Waals surface area contributed by atoms with Gasteiger partial charge in [0.15, 0.2) is 0 Å². The van der Waals surface area contributed by atoms with E-state index in [2.05, 4.69) is 66.7 Å². The van der Waals surface area contributed by atoms with Crippen LogP contribution < -0.4 is 0 Å². The zero-order chi connectivity index (χ0) is 17.1. The van der Waals surface area contributed by atoms with E-state index in [4.69, 9.17) is 4.98 Å². The highest BCUT2D eigenvalue weighted by molar-refractivity contribution is 6.01. The van der Waals surface area contributed by atoms with Crippen molar-refractivity contribution in [1.82, 2.24) is 4.98 Å². The molecule has 1 heteroatoms. The highest BCUT2D eigenvalue weighted by Crippen LogP contribution is 2.40. The van der Waals surface area contributed by atoms with E-state index in [9.17, 15) is 0 Å². The van der Waals surface area contributed by atoms with Gasteiger partial charge in [0.25, 0.3) is 0 Å². The lowest BCUT2D eigenvalue weighted by Crippen LogP contribution is -2.07. The van der Waals surface area contributed by atoms with Crippen LogP contribution in [0.4, 0.5) is 0 Å². The molecule has 124 valence electrons. The molecule has 2 aliphatic carbocycles. The minimum Gasteiger partial charge on any atom is -0.247 e. The van der Waals surface area contributed by atoms with Gasteiger partial charge in [-0.15, -0.1) is 0 Å². The van der Waals surface area contributed by atoms with Crippen molar-refractivity contribution in [3.63, 3.8) is 0 Å². The van der Waals surface area contributed by atoms with E-state index in [0.717, 1.165) is 31.2 Å². The molecule has 4 aromatic rings. The maximum atomic E-state index is 5.27. The zero-order valence-corrected chi connectivity index (χ0v) is 14.6. The normalized spacial score (nSPS) is 14.9. The monoisotopic (exact) mass is 333 g/mol. The molecule has 0 aliphatic heterocycles. The molecule has 0 N–H and O–H groups in total. The maximum Gasteiger partial charge on any atom is 0.0784 e. The summed E-state index contributed by atoms with van der Waals surface area (Å²) < 4.78 is 0. The van der Waals surface area contributed by atoms with Gasteiger partial charge >= 0.3 is 0 Å². The molecule has 0 atom stereocenters. The summed E-state index contributed by atoms with van der Waals surface area (Å²) in [6.45, 7) is 0. The van der Waals surface area contributed by atoms with Gasteiger partial charge in [0.2, 0.25) is 0 Å². The molecule has 0 bridgehead atoms. The summed E-state index contributed by atoms with van der Waals surface area (Å²) in [6.07, 6.45) is 9.00. The first kappa shape index (κ1) is 14.3. The number of hydrogen-bond acceptors (Lipinski definition) is 1. The Morgan fingerprint density at radius 3 is 2.58 bits per heavy atom. The number of pyridine rings is 1. The van der Waals surface area contributed by atoms with Gasteiger partial charge in [0, 0.05) is 16.5 Å². The molecule has 1 heterocycles. The lowest BCUT2D eigenvalue weighted by Gasteiger charge is -2.22. The van der Waals surface area contributed by atoms with Gasteiger partial charge in [-0.1, -0.05) is 60.7 Å². The molecule has 6 rings (SSSR count). The molecule has 0 unspecified atom stereocenters. The number of benzene rings is 3. The van der Waals surface area contributed by atoms with E-state index >= 15 is 0 Å². The standard InChI is InChI=1S/C25H19N/c1-3-7-21-16(5-1)9-11-18-12-14-20-15-19-13-10-17-6-2-4-8-22(17)24(19)26-25(20)23(18)21/h1,3-5,7-11,13,15H,2,6,12,14H2. The van der Waals surface area contributed by atoms with Crippen molar-refractivity contribution in [3.05, 3.63) is 82.9 Å². The van der Waals surface area contributed by atoms with Gasteiger partial charge in [0.1, 0.15) is 0 Å². The van der Waals surface area contributed by atoms with E-state index in [-0.39, 0.29) is 0 Å². The van der Waals surface area contributed by atoms with Crippen molar-refractivity contribution < 1.29 is 0 Å². The third-order valence-corrected chi connectivity index (χ3v) is 5.98. The van der Waals surface area contributed by atoms with E-state index < -0.39 is 0 Å². The number of allylic oxidation sites excluding steroid dienone is 1. The lowest BCUT2D eigenvalue weighted by molar-refractivity contribution is 0.935. The Labute approximate surface area is 153 Å². The summed E-state index contributed by atoms with van der Waals surface area (Å²) in [7, 11) is 0. The SMILES string of the molecule is C1=Cc2c(ccc3cc4c(nc23)-c2c(ccc3ccccc23)CC4)CC1. The highest BCUT2D eigenvalue weighted by Gasteiger charge is 2.21. The van der Waals surface area contributed by atoms with Crippen LogP contribution in [0, 0.1) is 0 Å². The minimum atomic E-state index is 1.08. The van der Waals surface area contributed by atoms with Gasteiger partial charge in [-0.05, 0) is 59.2 Å². The number of nitrogens with zero attached hydrogens (tertiary/aromatic N) is 1. The second-order valence-corrected chi connectivity index (χ2v) is 7.47. The van der Waals surface area contributed by atoms with Gasteiger partial charge in [-0.2, -0.15) is 0 Å². The van der Waals surface area contributed by atoms with Crippen LogP contribution in [0.3, 0.4) is 0 Å². The third-order valence-electron chi connectivity index (χ3n) is 5.98. The fourth-order valence-electron chi connectivity index (χ4n) is 4.67. The minimum absolute atomic E-state index is 1.08. The molecule has 3 aromatic carbocycles. The highest BCUT2D eigenvalue weighted by atomic mass is 14.7. The molecule has 0 spiro atoms. The largest absolute Gasteiger partial charge is 0.247 e. The Morgan fingerprint density at radius 2 is 1.58 bits per heavy atom. The van der Waals surface area contributed by atoms with Gasteiger partial charge < -0.3 is 0 Å². The molecule has 0 saturated heterocycles. The van der Waals surface area contributed by atoms with Crippen molar-refractivity contribution in [2.24, 2.45) is 0 Å². The molecule has 26 heavy (non-hydrogen) atoms. The van der Waals surface area contributed by atoms with Gasteiger partial charge in [-0.3, -0.25) is 0 Å². The summed E-state index contributed by atoms with van der Waals surface area (Å²) in [5.74, 6) is 0. The van der Waals surface area contributed by atoms with Crippen molar-refractivity contribution in [3.8, 4) is 11.3 Å². The van der Waals surface area contributed by atoms with Crippen LogP contribution in [0.5, 0.6) is 0 Å². The molecule has 1 nitrogen and oxygen atoms in total. The topological polar surface area (TPSA) is 12.9 Å². The van der Waals surface area contributed by atoms with Crippen LogP contribution >= 0.6 is 0 Å². The van der Waals surface area contributed by atoms with E-state index in [1.165, 1.54) is 49.7 Å². The summed E-state index contributed by atoms with van der Waals surface area (Å²) in [6, 6.07) is 20.2. The van der Waals surface area contributed by atoms with Gasteiger partial charge in [-0.25, -0.2) is 4.98 Å². The summed E-state index contributed by atoms with van der Waals surface area (Å²) in [5.41, 5.74) is 9.29. The van der Waals surface area contributed by atoms with Crippen molar-refractivity contribution >= 4 is 27.8 Å². The molecule has 0 amide bonds. The molecule has 0 fully saturated rings. The van der Waals surface area contributed by atoms with Crippen molar-refractivity contribution in [1.29, 1.82) is 0 Å². The van der Waals surface area contributed by atoms with E-state index in [0.29, 0.717) is 0 Å². The molecular weight excluding hydrogens is 314 g/mol. The number of rotatable bonds is 0. The van der Waals surface area contributed by atoms with Crippen LogP contribution in [-0.2, 0) is 19.3 Å². The van der Waals surface area contributed by atoms with Gasteiger partial charge in [0.05, 0.1) is 11.2 Å². The zero-order valence-electron chi connectivity index (χ0n) is 14.6. The second-order valence-electron chi connectivity index (χ2n) is 7.47. The Balaban J connectivity index is 1.73. The number of aromatic nitrogens is 1. The Bertz CT molecular complexity index is 1230. The van der Waals surface area contributed by atoms with Crippen LogP contribution in [0.1, 0.15) is 28.7 Å². The fourth-order valence-corrected chi connectivity index (χ4v) is 4.67. The summed E-state index contributed by atoms with van der Waals surface area (Å²) in [4.78, 5) is 5.27. The second kappa shape index (κ2) is 5.28. The summed E-state index contributed by atoms with van der Waals surface area (Å²) >= 11 is 0. The third kappa shape index (κ3) is 1.94. The molecule has 1 aromatic heterocycles. The first-order valence-electron chi connectivity index (χ1n) is 9.51. The Hall–Kier alpha value is -2.93. The van der Waals surface area contributed by atoms with E-state index in [1.54, 1.807) is 0 Å². The Kier molecular flexibility index (Phi) is 2.90. The molecule has 0 radical (unpaired) electrons. The predicted octanol–water partition coefficient (Wildman–Crippen LogP) is 6.11. The molecular formula is C25H19N. The van der Waals surface area contributed by atoms with Crippen LogP contribution in [0.25, 0.3) is 39.0 Å². The number of aryl methyl sites for hydroxylation is 3.